The zero-order chi connectivity index (χ0) is 12.4. The molecule has 1 unspecified atom stereocenters. The highest BCUT2D eigenvalue weighted by Gasteiger charge is 2.23. The Bertz CT molecular complexity index is 439. The van der Waals surface area contributed by atoms with Crippen molar-refractivity contribution >= 4 is 28.5 Å². The molecule has 1 fully saturated rings. The molecule has 0 spiro atoms. The van der Waals surface area contributed by atoms with E-state index in [1.54, 1.807) is 11.0 Å². The van der Waals surface area contributed by atoms with Gasteiger partial charge in [0.05, 0.1) is 5.56 Å². The van der Waals surface area contributed by atoms with Crippen molar-refractivity contribution in [2.24, 2.45) is 5.73 Å². The van der Waals surface area contributed by atoms with Crippen LogP contribution in [0.4, 0.5) is 4.39 Å². The molecule has 1 aromatic carbocycles. The Hall–Kier alpha value is -0.690. The van der Waals surface area contributed by atoms with Crippen LogP contribution in [0.2, 0.25) is 0 Å². The van der Waals surface area contributed by atoms with Crippen LogP contribution >= 0.6 is 22.6 Å². The van der Waals surface area contributed by atoms with E-state index in [0.29, 0.717) is 15.7 Å². The number of piperidine rings is 1. The monoisotopic (exact) mass is 348 g/mol. The first-order valence-corrected chi connectivity index (χ1v) is 6.65. The number of hydrogen-bond donors (Lipinski definition) is 1. The molecule has 2 N–H and O–H groups in total. The van der Waals surface area contributed by atoms with Gasteiger partial charge in [-0.05, 0) is 53.6 Å². The van der Waals surface area contributed by atoms with Gasteiger partial charge in [0.15, 0.2) is 0 Å². The number of amides is 1. The summed E-state index contributed by atoms with van der Waals surface area (Å²) in [6, 6.07) is 4.29. The van der Waals surface area contributed by atoms with Crippen LogP contribution in [0.15, 0.2) is 18.2 Å². The van der Waals surface area contributed by atoms with Crippen molar-refractivity contribution in [2.75, 3.05) is 13.1 Å². The SMILES string of the molecule is NC1CCCN(C(=O)c2ccc(F)cc2I)C1. The summed E-state index contributed by atoms with van der Waals surface area (Å²) in [5.74, 6) is -0.370. The van der Waals surface area contributed by atoms with E-state index in [9.17, 15) is 9.18 Å². The Morgan fingerprint density at radius 3 is 2.94 bits per heavy atom. The van der Waals surface area contributed by atoms with Crippen molar-refractivity contribution in [3.8, 4) is 0 Å². The van der Waals surface area contributed by atoms with Gasteiger partial charge in [-0.2, -0.15) is 0 Å². The van der Waals surface area contributed by atoms with E-state index in [2.05, 4.69) is 0 Å². The van der Waals surface area contributed by atoms with Crippen LogP contribution < -0.4 is 5.73 Å². The van der Waals surface area contributed by atoms with E-state index in [0.717, 1.165) is 19.4 Å². The van der Waals surface area contributed by atoms with Gasteiger partial charge in [-0.1, -0.05) is 0 Å². The number of benzene rings is 1. The molecular formula is C12H14FIN2O. The third kappa shape index (κ3) is 2.95. The first-order chi connectivity index (χ1) is 8.08. The largest absolute Gasteiger partial charge is 0.337 e. The first kappa shape index (κ1) is 12.8. The second-order valence-electron chi connectivity index (χ2n) is 4.28. The number of nitrogens with zero attached hydrogens (tertiary/aromatic N) is 1. The van der Waals surface area contributed by atoms with E-state index in [1.165, 1.54) is 12.1 Å². The van der Waals surface area contributed by atoms with Gasteiger partial charge >= 0.3 is 0 Å². The average molecular weight is 348 g/mol. The minimum absolute atomic E-state index is 0.0513. The van der Waals surface area contributed by atoms with Crippen LogP contribution in [-0.4, -0.2) is 29.9 Å². The number of nitrogens with two attached hydrogens (primary N) is 1. The Morgan fingerprint density at radius 2 is 2.29 bits per heavy atom. The Balaban J connectivity index is 2.18. The number of rotatable bonds is 1. The molecule has 17 heavy (non-hydrogen) atoms. The summed E-state index contributed by atoms with van der Waals surface area (Å²) in [6.07, 6.45) is 1.90. The fourth-order valence-corrected chi connectivity index (χ4v) is 2.74. The quantitative estimate of drug-likeness (QED) is 0.789. The van der Waals surface area contributed by atoms with Crippen LogP contribution in [0.25, 0.3) is 0 Å². The molecular weight excluding hydrogens is 334 g/mol. The maximum atomic E-state index is 13.0. The summed E-state index contributed by atoms with van der Waals surface area (Å²) >= 11 is 1.98. The standard InChI is InChI=1S/C12H14FIN2O/c13-8-3-4-10(11(14)6-8)12(17)16-5-1-2-9(15)7-16/h3-4,6,9H,1-2,5,7,15H2. The lowest BCUT2D eigenvalue weighted by atomic mass is 10.1. The molecule has 0 bridgehead atoms. The summed E-state index contributed by atoms with van der Waals surface area (Å²) in [6.45, 7) is 1.33. The molecule has 0 saturated carbocycles. The molecule has 1 aromatic rings. The highest BCUT2D eigenvalue weighted by atomic mass is 127. The van der Waals surface area contributed by atoms with E-state index in [4.69, 9.17) is 5.73 Å². The second-order valence-corrected chi connectivity index (χ2v) is 5.44. The normalized spacial score (nSPS) is 20.4. The molecule has 0 aromatic heterocycles. The van der Waals surface area contributed by atoms with Gasteiger partial charge < -0.3 is 10.6 Å². The zero-order valence-corrected chi connectivity index (χ0v) is 11.5. The van der Waals surface area contributed by atoms with Gasteiger partial charge in [0.1, 0.15) is 5.82 Å². The predicted octanol–water partition coefficient (Wildman–Crippen LogP) is 1.99. The van der Waals surface area contributed by atoms with Crippen molar-refractivity contribution in [2.45, 2.75) is 18.9 Å². The lowest BCUT2D eigenvalue weighted by Gasteiger charge is -2.31. The van der Waals surface area contributed by atoms with Crippen molar-refractivity contribution in [1.29, 1.82) is 0 Å². The average Bonchev–Trinajstić information content (AvgIpc) is 2.28. The van der Waals surface area contributed by atoms with Crippen LogP contribution in [0.3, 0.4) is 0 Å². The second kappa shape index (κ2) is 5.30. The Morgan fingerprint density at radius 1 is 1.53 bits per heavy atom. The number of carbonyl (C=O) groups excluding carboxylic acids is 1. The third-order valence-corrected chi connectivity index (χ3v) is 3.80. The van der Waals surface area contributed by atoms with E-state index < -0.39 is 0 Å². The lowest BCUT2D eigenvalue weighted by Crippen LogP contribution is -2.45. The van der Waals surface area contributed by atoms with Crippen LogP contribution in [0, 0.1) is 9.39 Å². The van der Waals surface area contributed by atoms with Crippen LogP contribution in [0.5, 0.6) is 0 Å². The van der Waals surface area contributed by atoms with E-state index in [-0.39, 0.29) is 17.8 Å². The summed E-state index contributed by atoms with van der Waals surface area (Å²) in [4.78, 5) is 14.0. The molecule has 0 radical (unpaired) electrons. The van der Waals surface area contributed by atoms with Gasteiger partial charge in [0, 0.05) is 22.7 Å². The van der Waals surface area contributed by atoms with Crippen molar-refractivity contribution in [1.82, 2.24) is 4.90 Å². The highest BCUT2D eigenvalue weighted by molar-refractivity contribution is 14.1. The van der Waals surface area contributed by atoms with Gasteiger partial charge in [0.2, 0.25) is 0 Å². The number of halogens is 2. The molecule has 2 rings (SSSR count). The zero-order valence-electron chi connectivity index (χ0n) is 9.33. The van der Waals surface area contributed by atoms with Crippen molar-refractivity contribution in [3.63, 3.8) is 0 Å². The maximum Gasteiger partial charge on any atom is 0.254 e. The number of carbonyl (C=O) groups is 1. The molecule has 1 atom stereocenters. The summed E-state index contributed by atoms with van der Waals surface area (Å²) in [7, 11) is 0. The molecule has 5 heteroatoms. The smallest absolute Gasteiger partial charge is 0.254 e. The summed E-state index contributed by atoms with van der Waals surface area (Å²) in [5, 5.41) is 0. The van der Waals surface area contributed by atoms with Gasteiger partial charge in [-0.25, -0.2) is 4.39 Å². The topological polar surface area (TPSA) is 46.3 Å². The fourth-order valence-electron chi connectivity index (χ4n) is 2.03. The van der Waals surface area contributed by atoms with Gasteiger partial charge in [-0.15, -0.1) is 0 Å². The van der Waals surface area contributed by atoms with E-state index in [1.807, 2.05) is 22.6 Å². The summed E-state index contributed by atoms with van der Waals surface area (Å²) in [5.41, 5.74) is 6.40. The highest BCUT2D eigenvalue weighted by Crippen LogP contribution is 2.18. The molecule has 0 aliphatic carbocycles. The Kier molecular flexibility index (Phi) is 3.98. The molecule has 1 aliphatic rings. The summed E-state index contributed by atoms with van der Waals surface area (Å²) < 4.78 is 13.6. The molecule has 1 saturated heterocycles. The van der Waals surface area contributed by atoms with Crippen LogP contribution in [-0.2, 0) is 0 Å². The molecule has 92 valence electrons. The number of hydrogen-bond acceptors (Lipinski definition) is 2. The molecule has 3 nitrogen and oxygen atoms in total. The molecule has 1 aliphatic heterocycles. The van der Waals surface area contributed by atoms with Crippen molar-refractivity contribution in [3.05, 3.63) is 33.1 Å². The third-order valence-electron chi connectivity index (χ3n) is 2.91. The van der Waals surface area contributed by atoms with Gasteiger partial charge in [-0.3, -0.25) is 4.79 Å². The molecule has 1 amide bonds. The first-order valence-electron chi connectivity index (χ1n) is 5.58. The lowest BCUT2D eigenvalue weighted by molar-refractivity contribution is 0.0707. The number of likely N-dealkylation sites (tertiary alicyclic amines) is 1. The maximum absolute atomic E-state index is 13.0. The molecule has 1 heterocycles. The van der Waals surface area contributed by atoms with Gasteiger partial charge in [0.25, 0.3) is 5.91 Å². The van der Waals surface area contributed by atoms with E-state index >= 15 is 0 Å². The van der Waals surface area contributed by atoms with Crippen molar-refractivity contribution < 1.29 is 9.18 Å². The minimum atomic E-state index is -0.318. The Labute approximate surface area is 113 Å². The fraction of sp³-hybridized carbons (Fsp3) is 0.417. The minimum Gasteiger partial charge on any atom is -0.337 e. The van der Waals surface area contributed by atoms with Crippen LogP contribution in [0.1, 0.15) is 23.2 Å². The predicted molar refractivity (Wildman–Crippen MR) is 72.2 cm³/mol.